The van der Waals surface area contributed by atoms with E-state index in [1.54, 1.807) is 6.07 Å². The fourth-order valence-corrected chi connectivity index (χ4v) is 2.10. The van der Waals surface area contributed by atoms with Gasteiger partial charge in [0.1, 0.15) is 5.69 Å². The summed E-state index contributed by atoms with van der Waals surface area (Å²) < 4.78 is 0. The van der Waals surface area contributed by atoms with Gasteiger partial charge in [-0.15, -0.1) is 0 Å². The van der Waals surface area contributed by atoms with Crippen molar-refractivity contribution in [3.63, 3.8) is 0 Å². The summed E-state index contributed by atoms with van der Waals surface area (Å²) in [6.07, 6.45) is 5.24. The molecule has 1 aromatic rings. The first-order valence-electron chi connectivity index (χ1n) is 5.75. The summed E-state index contributed by atoms with van der Waals surface area (Å²) in [7, 11) is 0. The van der Waals surface area contributed by atoms with Crippen LogP contribution < -0.4 is 5.32 Å². The van der Waals surface area contributed by atoms with Crippen LogP contribution in [0.1, 0.15) is 36.2 Å². The molecule has 2 rings (SSSR count). The highest BCUT2D eigenvalue weighted by atomic mass is 16.4. The van der Waals surface area contributed by atoms with Gasteiger partial charge in [-0.05, 0) is 25.0 Å². The number of carboxylic acids is 1. The maximum atomic E-state index is 10.6. The van der Waals surface area contributed by atoms with Crippen LogP contribution in [-0.2, 0) is 0 Å². The van der Waals surface area contributed by atoms with Crippen LogP contribution in [0.3, 0.4) is 0 Å². The molecule has 1 aliphatic rings. The van der Waals surface area contributed by atoms with Crippen molar-refractivity contribution in [2.45, 2.75) is 31.3 Å². The Morgan fingerprint density at radius 2 is 2.12 bits per heavy atom. The Kier molecular flexibility index (Phi) is 3.28. The molecule has 0 spiro atoms. The molecule has 0 aromatic carbocycles. The Labute approximate surface area is 99.5 Å². The molecule has 0 saturated heterocycles. The average molecular weight is 236 g/mol. The second kappa shape index (κ2) is 4.71. The number of nitrogens with one attached hydrogen (secondary N) is 1. The molecule has 92 valence electrons. The van der Waals surface area contributed by atoms with Crippen LogP contribution in [0.4, 0.5) is 5.69 Å². The lowest BCUT2D eigenvalue weighted by Crippen LogP contribution is -2.33. The zero-order valence-corrected chi connectivity index (χ0v) is 9.52. The fourth-order valence-electron chi connectivity index (χ4n) is 2.10. The van der Waals surface area contributed by atoms with E-state index in [0.29, 0.717) is 6.54 Å². The fraction of sp³-hybridized carbons (Fsp3) is 0.500. The zero-order valence-electron chi connectivity index (χ0n) is 9.52. The molecule has 1 fully saturated rings. The minimum Gasteiger partial charge on any atom is -0.477 e. The van der Waals surface area contributed by atoms with E-state index in [2.05, 4.69) is 10.3 Å². The predicted molar refractivity (Wildman–Crippen MR) is 63.1 cm³/mol. The largest absolute Gasteiger partial charge is 0.477 e. The number of aromatic nitrogens is 1. The molecule has 3 N–H and O–H groups in total. The van der Waals surface area contributed by atoms with E-state index in [0.717, 1.165) is 31.4 Å². The Balaban J connectivity index is 1.93. The Bertz CT molecular complexity index is 397. The second-order valence-electron chi connectivity index (χ2n) is 4.52. The Hall–Kier alpha value is -1.62. The summed E-state index contributed by atoms with van der Waals surface area (Å²) in [6, 6.07) is 3.11. The summed E-state index contributed by atoms with van der Waals surface area (Å²) in [5.41, 5.74) is 0.135. The minimum atomic E-state index is -1.04. The number of pyridine rings is 1. The van der Waals surface area contributed by atoms with Crippen LogP contribution in [0.2, 0.25) is 0 Å². The predicted octanol–water partition coefficient (Wildman–Crippen LogP) is 1.50. The number of aliphatic hydroxyl groups is 1. The molecule has 5 heteroatoms. The van der Waals surface area contributed by atoms with Crippen LogP contribution in [0, 0.1) is 0 Å². The van der Waals surface area contributed by atoms with Gasteiger partial charge in [0, 0.05) is 6.54 Å². The molecular weight excluding hydrogens is 220 g/mol. The van der Waals surface area contributed by atoms with Crippen molar-refractivity contribution in [1.82, 2.24) is 4.98 Å². The van der Waals surface area contributed by atoms with Crippen molar-refractivity contribution in [3.05, 3.63) is 24.0 Å². The van der Waals surface area contributed by atoms with E-state index in [-0.39, 0.29) is 5.69 Å². The molecule has 1 aromatic heterocycles. The third-order valence-electron chi connectivity index (χ3n) is 3.14. The minimum absolute atomic E-state index is 0.0233. The maximum Gasteiger partial charge on any atom is 0.354 e. The van der Waals surface area contributed by atoms with Gasteiger partial charge in [-0.2, -0.15) is 0 Å². The standard InChI is InChI=1S/C12H16N2O3/c15-11(16)10-4-3-9(7-13-10)14-8-12(17)5-1-2-6-12/h3-4,7,14,17H,1-2,5-6,8H2,(H,15,16). The van der Waals surface area contributed by atoms with Crippen LogP contribution >= 0.6 is 0 Å². The lowest BCUT2D eigenvalue weighted by atomic mass is 10.0. The van der Waals surface area contributed by atoms with E-state index >= 15 is 0 Å². The van der Waals surface area contributed by atoms with E-state index in [9.17, 15) is 9.90 Å². The summed E-state index contributed by atoms with van der Waals surface area (Å²) in [5, 5.41) is 21.9. The molecule has 0 radical (unpaired) electrons. The van der Waals surface area contributed by atoms with Crippen LogP contribution in [0.15, 0.2) is 18.3 Å². The van der Waals surface area contributed by atoms with Gasteiger partial charge in [0.05, 0.1) is 17.5 Å². The molecular formula is C12H16N2O3. The van der Waals surface area contributed by atoms with Crippen molar-refractivity contribution in [1.29, 1.82) is 0 Å². The van der Waals surface area contributed by atoms with Gasteiger partial charge in [0.15, 0.2) is 0 Å². The summed E-state index contributed by atoms with van der Waals surface area (Å²) in [5.74, 6) is -1.04. The second-order valence-corrected chi connectivity index (χ2v) is 4.52. The van der Waals surface area contributed by atoms with E-state index in [4.69, 9.17) is 5.11 Å². The lowest BCUT2D eigenvalue weighted by molar-refractivity contribution is 0.0613. The molecule has 0 unspecified atom stereocenters. The summed E-state index contributed by atoms with van der Waals surface area (Å²) >= 11 is 0. The summed E-state index contributed by atoms with van der Waals surface area (Å²) in [6.45, 7) is 0.487. The molecule has 5 nitrogen and oxygen atoms in total. The van der Waals surface area contributed by atoms with Crippen molar-refractivity contribution < 1.29 is 15.0 Å². The van der Waals surface area contributed by atoms with E-state index < -0.39 is 11.6 Å². The number of carbonyl (C=O) groups is 1. The summed E-state index contributed by atoms with van der Waals surface area (Å²) in [4.78, 5) is 14.4. The van der Waals surface area contributed by atoms with Crippen LogP contribution in [0.25, 0.3) is 0 Å². The van der Waals surface area contributed by atoms with E-state index in [1.165, 1.54) is 12.3 Å². The Morgan fingerprint density at radius 1 is 1.41 bits per heavy atom. The number of hydrogen-bond acceptors (Lipinski definition) is 4. The van der Waals surface area contributed by atoms with Crippen LogP contribution in [0.5, 0.6) is 0 Å². The van der Waals surface area contributed by atoms with Gasteiger partial charge in [-0.1, -0.05) is 12.8 Å². The van der Waals surface area contributed by atoms with Crippen molar-refractivity contribution >= 4 is 11.7 Å². The molecule has 0 atom stereocenters. The van der Waals surface area contributed by atoms with Gasteiger partial charge < -0.3 is 15.5 Å². The first kappa shape index (κ1) is 11.9. The molecule has 1 saturated carbocycles. The van der Waals surface area contributed by atoms with Gasteiger partial charge in [0.25, 0.3) is 0 Å². The van der Waals surface area contributed by atoms with Gasteiger partial charge in [-0.25, -0.2) is 9.78 Å². The topological polar surface area (TPSA) is 82.5 Å². The number of hydrogen-bond donors (Lipinski definition) is 3. The number of aromatic carboxylic acids is 1. The average Bonchev–Trinajstić information content (AvgIpc) is 2.75. The number of rotatable bonds is 4. The van der Waals surface area contributed by atoms with Crippen LogP contribution in [-0.4, -0.2) is 33.3 Å². The molecule has 0 amide bonds. The highest BCUT2D eigenvalue weighted by Crippen LogP contribution is 2.29. The highest BCUT2D eigenvalue weighted by molar-refractivity contribution is 5.85. The molecule has 0 aliphatic heterocycles. The zero-order chi connectivity index (χ0) is 12.3. The number of nitrogens with zero attached hydrogens (tertiary/aromatic N) is 1. The normalized spacial score (nSPS) is 17.9. The lowest BCUT2D eigenvalue weighted by Gasteiger charge is -2.22. The first-order chi connectivity index (χ1) is 8.09. The Morgan fingerprint density at radius 3 is 2.65 bits per heavy atom. The van der Waals surface area contributed by atoms with E-state index in [1.807, 2.05) is 0 Å². The van der Waals surface area contributed by atoms with Crippen molar-refractivity contribution in [3.8, 4) is 0 Å². The molecule has 1 aliphatic carbocycles. The molecule has 1 heterocycles. The van der Waals surface area contributed by atoms with Gasteiger partial charge in [0.2, 0.25) is 0 Å². The quantitative estimate of drug-likeness (QED) is 0.738. The van der Waals surface area contributed by atoms with Crippen molar-refractivity contribution in [2.75, 3.05) is 11.9 Å². The highest BCUT2D eigenvalue weighted by Gasteiger charge is 2.30. The van der Waals surface area contributed by atoms with Gasteiger partial charge >= 0.3 is 5.97 Å². The third kappa shape index (κ3) is 2.94. The SMILES string of the molecule is O=C(O)c1ccc(NCC2(O)CCCC2)cn1. The number of anilines is 1. The number of carboxylic acid groups (broad SMARTS) is 1. The molecule has 0 bridgehead atoms. The van der Waals surface area contributed by atoms with Gasteiger partial charge in [-0.3, -0.25) is 0 Å². The smallest absolute Gasteiger partial charge is 0.354 e. The maximum absolute atomic E-state index is 10.6. The van der Waals surface area contributed by atoms with Crippen molar-refractivity contribution in [2.24, 2.45) is 0 Å². The molecule has 17 heavy (non-hydrogen) atoms. The monoisotopic (exact) mass is 236 g/mol. The first-order valence-corrected chi connectivity index (χ1v) is 5.75. The third-order valence-corrected chi connectivity index (χ3v) is 3.14.